The van der Waals surface area contributed by atoms with Gasteiger partial charge in [0.25, 0.3) is 11.8 Å². The molecular formula is C32H47N4O2S-. The van der Waals surface area contributed by atoms with E-state index in [0.29, 0.717) is 12.1 Å². The van der Waals surface area contributed by atoms with Crippen LogP contribution < -0.4 is 21.7 Å². The van der Waals surface area contributed by atoms with E-state index in [4.69, 9.17) is 0 Å². The molecule has 0 saturated carbocycles. The predicted molar refractivity (Wildman–Crippen MR) is 175 cm³/mol. The first-order valence-corrected chi connectivity index (χ1v) is 14.8. The molecule has 2 rings (SSSR count). The van der Waals surface area contributed by atoms with E-state index >= 15 is 0 Å². The van der Waals surface area contributed by atoms with Gasteiger partial charge in [-0.05, 0) is 56.1 Å². The second-order valence-electron chi connectivity index (χ2n) is 8.07. The minimum absolute atomic E-state index is 0.183. The summed E-state index contributed by atoms with van der Waals surface area (Å²) >= 11 is 0. The summed E-state index contributed by atoms with van der Waals surface area (Å²) in [6.07, 6.45) is 6.34. The number of nitrogens with one attached hydrogen (secondary N) is 3. The Morgan fingerprint density at radius 2 is 1.62 bits per heavy atom. The number of benzene rings is 2. The third-order valence-corrected chi connectivity index (χ3v) is 6.09. The van der Waals surface area contributed by atoms with Crippen LogP contribution >= 0.6 is 0 Å². The number of carbonyl (C=O) groups is 2. The van der Waals surface area contributed by atoms with Gasteiger partial charge in [0.05, 0.1) is 11.7 Å². The molecule has 5 N–H and O–H groups in total. The fourth-order valence-corrected chi connectivity index (χ4v) is 4.08. The SMILES string of the molecule is C=C(NCC/C=C/[S-](=C)=C)C(=O)NCC(=C/C)/C(=C\C)C(=O)NC(C)c1cccc2ccccc12.CC.CN. The lowest BCUT2D eigenvalue weighted by Crippen LogP contribution is -2.35. The number of nitrogens with two attached hydrogens (primary N) is 1. The molecule has 2 aromatic rings. The van der Waals surface area contributed by atoms with Gasteiger partial charge in [-0.2, -0.15) is 5.41 Å². The predicted octanol–water partition coefficient (Wildman–Crippen LogP) is 5.12. The van der Waals surface area contributed by atoms with Crippen molar-refractivity contribution in [3.63, 3.8) is 0 Å². The summed E-state index contributed by atoms with van der Waals surface area (Å²) in [6, 6.07) is 14.0. The van der Waals surface area contributed by atoms with Gasteiger partial charge in [-0.1, -0.05) is 75.0 Å². The van der Waals surface area contributed by atoms with E-state index in [1.165, 1.54) is 7.05 Å². The normalized spacial score (nSPS) is 12.1. The average Bonchev–Trinajstić information content (AvgIpc) is 2.96. The van der Waals surface area contributed by atoms with Crippen LogP contribution in [0.2, 0.25) is 0 Å². The van der Waals surface area contributed by atoms with Gasteiger partial charge in [0, 0.05) is 18.7 Å². The van der Waals surface area contributed by atoms with E-state index in [-0.39, 0.29) is 40.2 Å². The Morgan fingerprint density at radius 1 is 0.974 bits per heavy atom. The van der Waals surface area contributed by atoms with Gasteiger partial charge in [0.1, 0.15) is 0 Å². The molecule has 0 saturated heterocycles. The van der Waals surface area contributed by atoms with Crippen molar-refractivity contribution in [1.82, 2.24) is 16.0 Å². The number of carbonyl (C=O) groups excluding carboxylic acids is 2. The van der Waals surface area contributed by atoms with Gasteiger partial charge in [0.2, 0.25) is 0 Å². The molecule has 0 fully saturated rings. The summed E-state index contributed by atoms with van der Waals surface area (Å²) in [5, 5.41) is 13.1. The van der Waals surface area contributed by atoms with Gasteiger partial charge >= 0.3 is 0 Å². The average molecular weight is 552 g/mol. The van der Waals surface area contributed by atoms with Crippen molar-refractivity contribution in [2.75, 3.05) is 20.1 Å². The lowest BCUT2D eigenvalue weighted by atomic mass is 9.98. The van der Waals surface area contributed by atoms with Crippen LogP contribution in [0.25, 0.3) is 10.8 Å². The Morgan fingerprint density at radius 3 is 2.23 bits per heavy atom. The Labute approximate surface area is 237 Å². The molecule has 0 aromatic heterocycles. The van der Waals surface area contributed by atoms with Crippen LogP contribution in [-0.2, 0) is 19.7 Å². The quantitative estimate of drug-likeness (QED) is 0.0968. The van der Waals surface area contributed by atoms with E-state index in [0.717, 1.165) is 28.3 Å². The van der Waals surface area contributed by atoms with Gasteiger partial charge < -0.3 is 31.8 Å². The number of amides is 2. The zero-order chi connectivity index (χ0) is 29.8. The highest BCUT2D eigenvalue weighted by atomic mass is 32.2. The van der Waals surface area contributed by atoms with Crippen LogP contribution in [0.15, 0.2) is 89.5 Å². The molecule has 1 atom stereocenters. The molecule has 39 heavy (non-hydrogen) atoms. The highest BCUT2D eigenvalue weighted by Gasteiger charge is 2.18. The van der Waals surface area contributed by atoms with Crippen molar-refractivity contribution in [1.29, 1.82) is 0 Å². The Balaban J connectivity index is 0.00000344. The fourth-order valence-electron chi connectivity index (χ4n) is 3.67. The highest BCUT2D eigenvalue weighted by Crippen LogP contribution is 2.24. The van der Waals surface area contributed by atoms with Gasteiger partial charge in [-0.15, -0.1) is 6.08 Å². The van der Waals surface area contributed by atoms with Crippen LogP contribution in [0.1, 0.15) is 52.6 Å². The van der Waals surface area contributed by atoms with Gasteiger partial charge in [-0.25, -0.2) is 11.7 Å². The van der Waals surface area contributed by atoms with Crippen molar-refractivity contribution in [3.8, 4) is 0 Å². The number of hydrogen-bond donors (Lipinski definition) is 4. The van der Waals surface area contributed by atoms with Gasteiger partial charge in [-0.3, -0.25) is 9.59 Å². The second-order valence-corrected chi connectivity index (χ2v) is 9.41. The molecule has 0 spiro atoms. The minimum atomic E-state index is -0.303. The molecule has 0 heterocycles. The van der Waals surface area contributed by atoms with Crippen molar-refractivity contribution in [2.45, 2.75) is 47.1 Å². The molecule has 7 heteroatoms. The molecule has 0 radical (unpaired) electrons. The van der Waals surface area contributed by atoms with Crippen molar-refractivity contribution >= 4 is 44.4 Å². The number of fused-ring (bicyclic) bond motifs is 1. The molecule has 0 aliphatic carbocycles. The van der Waals surface area contributed by atoms with E-state index in [1.807, 2.05) is 76.4 Å². The lowest BCUT2D eigenvalue weighted by Gasteiger charge is -2.19. The fraction of sp³-hybridized carbons (Fsp3) is 0.312. The Hall–Kier alpha value is -3.55. The minimum Gasteiger partial charge on any atom is -0.464 e. The van der Waals surface area contributed by atoms with E-state index in [1.54, 1.807) is 6.08 Å². The van der Waals surface area contributed by atoms with Crippen LogP contribution in [0.5, 0.6) is 0 Å². The zero-order valence-electron chi connectivity index (χ0n) is 24.5. The lowest BCUT2D eigenvalue weighted by molar-refractivity contribution is -0.119. The maximum atomic E-state index is 13.1. The molecule has 0 bridgehead atoms. The van der Waals surface area contributed by atoms with Crippen LogP contribution in [-0.4, -0.2) is 43.7 Å². The molecule has 6 nitrogen and oxygen atoms in total. The summed E-state index contributed by atoms with van der Waals surface area (Å²) in [6.45, 7) is 14.3. The van der Waals surface area contributed by atoms with Gasteiger partial charge in [0.15, 0.2) is 0 Å². The third-order valence-electron chi connectivity index (χ3n) is 5.52. The number of hydrogen-bond acceptors (Lipinski definition) is 5. The highest BCUT2D eigenvalue weighted by molar-refractivity contribution is 7.94. The standard InChI is InChI=1S/C29H36N3O2S.C2H6.CH5N/c1-7-23(20-31-28(33)22(4)30-18-11-12-19-35(5)6)25(8-2)29(34)32-21(3)26-17-13-15-24-14-9-10-16-27(24)26;2*1-2/h7-10,12-17,19,21,30H,4-6,11,18,20H2,1-3H3,(H,31,33)(H,32,34);1-2H3;2H2,1H3/q-1;;/b19-12+,23-7-,25-8+;;. The summed E-state index contributed by atoms with van der Waals surface area (Å²) < 4.78 is 0. The molecule has 2 amide bonds. The molecular weight excluding hydrogens is 504 g/mol. The topological polar surface area (TPSA) is 96.2 Å². The van der Waals surface area contributed by atoms with E-state index < -0.39 is 0 Å². The molecule has 214 valence electrons. The largest absolute Gasteiger partial charge is 0.464 e. The van der Waals surface area contributed by atoms with Crippen molar-refractivity contribution in [2.24, 2.45) is 5.73 Å². The van der Waals surface area contributed by atoms with E-state index in [9.17, 15) is 9.59 Å². The van der Waals surface area contributed by atoms with Crippen molar-refractivity contribution in [3.05, 3.63) is 95.1 Å². The van der Waals surface area contributed by atoms with Crippen LogP contribution in [0.4, 0.5) is 0 Å². The maximum absolute atomic E-state index is 13.1. The maximum Gasteiger partial charge on any atom is 0.267 e. The smallest absolute Gasteiger partial charge is 0.267 e. The summed E-state index contributed by atoms with van der Waals surface area (Å²) in [5.74, 6) is 7.14. The monoisotopic (exact) mass is 551 g/mol. The molecule has 2 aromatic carbocycles. The first-order chi connectivity index (χ1) is 18.8. The first kappa shape index (κ1) is 35.5. The van der Waals surface area contributed by atoms with Crippen molar-refractivity contribution < 1.29 is 9.59 Å². The third kappa shape index (κ3) is 12.2. The van der Waals surface area contributed by atoms with Crippen LogP contribution in [0.3, 0.4) is 0 Å². The number of allylic oxidation sites excluding steroid dienone is 2. The Kier molecular flexibility index (Phi) is 18.6. The summed E-state index contributed by atoms with van der Waals surface area (Å²) in [7, 11) is 1.27. The summed E-state index contributed by atoms with van der Waals surface area (Å²) in [4.78, 5) is 25.6. The van der Waals surface area contributed by atoms with E-state index in [2.05, 4.69) is 58.2 Å². The molecule has 0 aliphatic heterocycles. The van der Waals surface area contributed by atoms with Crippen LogP contribution in [0, 0.1) is 0 Å². The first-order valence-electron chi connectivity index (χ1n) is 13.2. The Bertz CT molecular complexity index is 1230. The zero-order valence-corrected chi connectivity index (χ0v) is 25.3. The summed E-state index contributed by atoms with van der Waals surface area (Å²) in [5.41, 5.74) is 7.10. The molecule has 1 unspecified atom stereocenters. The second kappa shape index (κ2) is 20.4. The molecule has 0 aliphatic rings. The number of rotatable bonds is 12.